The smallest absolute Gasteiger partial charge is 0.485 e. The van der Waals surface area contributed by atoms with Crippen molar-refractivity contribution in [3.8, 4) is 0 Å². The molecular formula is C53H40F9IO9S5. The summed E-state index contributed by atoms with van der Waals surface area (Å²) in [7, 11) is -18.5. The van der Waals surface area contributed by atoms with Gasteiger partial charge in [-0.3, -0.25) is 0 Å². The molecule has 0 heterocycles. The van der Waals surface area contributed by atoms with E-state index in [-0.39, 0.29) is 43.0 Å². The molecule has 0 saturated heterocycles. The minimum atomic E-state index is -6.09. The van der Waals surface area contributed by atoms with Crippen LogP contribution in [0, 0.1) is 7.14 Å². The van der Waals surface area contributed by atoms with Crippen molar-refractivity contribution < 1.29 is 99.6 Å². The standard InChI is InChI=1S/C50H40IS2.3CHF3O3S/c1-5-13-45(14-6-1)52(46-15-7-2-8-16-46)49-33-25-41(26-34-49)37-39-21-29-43(30-22-39)51-44-31-23-40(24-32-44)38-42-27-35-50(36-28-42)53(47-17-9-3-10-18-47)48-19-11-4-12-20-48;3*2-1(3,4)8(5,6)7/h1-36H,37-38H2;3*(H,5,6,7)/q+3;;;/p-3. The van der Waals surface area contributed by atoms with E-state index in [0.29, 0.717) is 0 Å². The Morgan fingerprint density at radius 3 is 0.649 bits per heavy atom. The first-order valence-corrected chi connectivity index (χ1v) is 30.6. The highest BCUT2D eigenvalue weighted by Gasteiger charge is 2.38. The average Bonchev–Trinajstić information content (AvgIpc) is 3.37. The molecule has 0 spiro atoms. The second kappa shape index (κ2) is 27.2. The molecule has 0 aromatic heterocycles. The lowest BCUT2D eigenvalue weighted by Gasteiger charge is -2.09. The third-order valence-electron chi connectivity index (χ3n) is 9.95. The number of rotatable bonds is 12. The van der Waals surface area contributed by atoms with Gasteiger partial charge in [-0.1, -0.05) is 121 Å². The Morgan fingerprint density at radius 1 is 0.299 bits per heavy atom. The first-order chi connectivity index (χ1) is 36.0. The molecule has 0 atom stereocenters. The number of halogens is 10. The van der Waals surface area contributed by atoms with Crippen LogP contribution in [0.5, 0.6) is 0 Å². The van der Waals surface area contributed by atoms with Crippen LogP contribution >= 0.6 is 0 Å². The van der Waals surface area contributed by atoms with Crippen molar-refractivity contribution in [1.29, 1.82) is 0 Å². The van der Waals surface area contributed by atoms with E-state index in [4.69, 9.17) is 38.9 Å². The van der Waals surface area contributed by atoms with Gasteiger partial charge in [0.05, 0.1) is 21.8 Å². The van der Waals surface area contributed by atoms with Gasteiger partial charge in [-0.05, 0) is 132 Å². The summed E-state index contributed by atoms with van der Waals surface area (Å²) in [5, 5.41) is 0. The van der Waals surface area contributed by atoms with Crippen molar-refractivity contribution in [3.05, 3.63) is 248 Å². The van der Waals surface area contributed by atoms with Crippen LogP contribution in [-0.2, 0) is 65.0 Å². The Balaban J connectivity index is 0.000000379. The zero-order valence-electron chi connectivity index (χ0n) is 39.2. The van der Waals surface area contributed by atoms with Crippen molar-refractivity contribution in [3.63, 3.8) is 0 Å². The van der Waals surface area contributed by atoms with Gasteiger partial charge in [0.1, 0.15) is 0 Å². The predicted molar refractivity (Wildman–Crippen MR) is 266 cm³/mol. The van der Waals surface area contributed by atoms with Crippen molar-refractivity contribution in [2.45, 2.75) is 58.7 Å². The van der Waals surface area contributed by atoms with Crippen molar-refractivity contribution in [2.24, 2.45) is 0 Å². The fraction of sp³-hybridized carbons (Fsp3) is 0.0943. The Kier molecular flexibility index (Phi) is 22.0. The summed E-state index contributed by atoms with van der Waals surface area (Å²) in [6.45, 7) is 0. The summed E-state index contributed by atoms with van der Waals surface area (Å²) in [6.07, 6.45) is 1.89. The molecule has 406 valence electrons. The molecular weight excluding hydrogens is 1240 g/mol. The van der Waals surface area contributed by atoms with Crippen LogP contribution in [-0.4, -0.2) is 55.4 Å². The van der Waals surface area contributed by atoms with Gasteiger partial charge in [0, 0.05) is 0 Å². The lowest BCUT2D eigenvalue weighted by molar-refractivity contribution is -0.597. The van der Waals surface area contributed by atoms with Gasteiger partial charge in [0.15, 0.2) is 66.9 Å². The second-order valence-electron chi connectivity index (χ2n) is 15.6. The highest BCUT2D eigenvalue weighted by molar-refractivity contribution is 7.97. The van der Waals surface area contributed by atoms with E-state index in [1.165, 1.54) is 58.8 Å². The zero-order valence-corrected chi connectivity index (χ0v) is 45.4. The van der Waals surface area contributed by atoms with Gasteiger partial charge in [0.25, 0.3) is 0 Å². The lowest BCUT2D eigenvalue weighted by Crippen LogP contribution is -3.61. The molecule has 0 amide bonds. The number of hydrogen-bond donors (Lipinski definition) is 0. The molecule has 8 rings (SSSR count). The van der Waals surface area contributed by atoms with Crippen molar-refractivity contribution in [1.82, 2.24) is 0 Å². The Bertz CT molecular complexity index is 3090. The van der Waals surface area contributed by atoms with E-state index < -0.39 is 46.9 Å². The SMILES string of the molecule is O=S(=O)([O-])C(F)(F)F.O=S(=O)([O-])C(F)(F)F.O=S(=O)([O-])C(F)(F)F.c1ccc([S+](c2ccccc2)c2ccc(Cc3ccc([I+]c4ccc(Cc5ccc([S+](c6ccccc6)c6ccccc6)cc5)cc4)cc3)cc2)cc1. The van der Waals surface area contributed by atoms with E-state index in [0.717, 1.165) is 12.8 Å². The molecule has 0 bridgehead atoms. The van der Waals surface area contributed by atoms with Crippen LogP contribution in [0.25, 0.3) is 0 Å². The van der Waals surface area contributed by atoms with Gasteiger partial charge in [-0.25, -0.2) is 25.3 Å². The maximum absolute atomic E-state index is 10.7. The second-order valence-corrected chi connectivity index (χ2v) is 26.8. The molecule has 0 radical (unpaired) electrons. The van der Waals surface area contributed by atoms with Crippen LogP contribution in [0.2, 0.25) is 0 Å². The summed E-state index contributed by atoms with van der Waals surface area (Å²) in [4.78, 5) is 8.10. The Morgan fingerprint density at radius 2 is 0.468 bits per heavy atom. The van der Waals surface area contributed by atoms with Crippen LogP contribution in [0.15, 0.2) is 248 Å². The van der Waals surface area contributed by atoms with Crippen molar-refractivity contribution in [2.75, 3.05) is 0 Å². The quantitative estimate of drug-likeness (QED) is 0.0380. The maximum atomic E-state index is 10.7. The van der Waals surface area contributed by atoms with Gasteiger partial charge >= 0.3 is 37.7 Å². The number of alkyl halides is 9. The molecule has 0 saturated carbocycles. The van der Waals surface area contributed by atoms with Gasteiger partial charge in [-0.15, -0.1) is 0 Å². The highest BCUT2D eigenvalue weighted by Crippen LogP contribution is 2.33. The Labute approximate surface area is 455 Å². The monoisotopic (exact) mass is 1280 g/mol. The first-order valence-electron chi connectivity index (χ1n) is 21.8. The molecule has 0 aliphatic heterocycles. The molecule has 8 aromatic carbocycles. The summed E-state index contributed by atoms with van der Waals surface area (Å²) in [6, 6.07) is 80.7. The maximum Gasteiger partial charge on any atom is 0.485 e. The van der Waals surface area contributed by atoms with Crippen LogP contribution in [0.4, 0.5) is 39.5 Å². The predicted octanol–water partition coefficient (Wildman–Crippen LogP) is 9.34. The van der Waals surface area contributed by atoms with Crippen molar-refractivity contribution >= 4 is 52.1 Å². The van der Waals surface area contributed by atoms with E-state index in [1.54, 1.807) is 0 Å². The molecule has 0 unspecified atom stereocenters. The van der Waals surface area contributed by atoms with E-state index in [2.05, 4.69) is 218 Å². The van der Waals surface area contributed by atoms with E-state index in [9.17, 15) is 39.5 Å². The number of hydrogen-bond acceptors (Lipinski definition) is 9. The molecule has 8 aromatic rings. The fourth-order valence-electron chi connectivity index (χ4n) is 6.46. The zero-order chi connectivity index (χ0) is 56.7. The summed E-state index contributed by atoms with van der Waals surface area (Å²) in [5.41, 5.74) is -11.5. The molecule has 9 nitrogen and oxygen atoms in total. The molecule has 0 N–H and O–H groups in total. The van der Waals surface area contributed by atoms with Gasteiger partial charge < -0.3 is 13.7 Å². The highest BCUT2D eigenvalue weighted by atomic mass is 127. The third kappa shape index (κ3) is 19.6. The normalized spacial score (nSPS) is 12.1. The fourth-order valence-corrected chi connectivity index (χ4v) is 12.8. The lowest BCUT2D eigenvalue weighted by atomic mass is 10.1. The molecule has 24 heteroatoms. The molecule has 0 aliphatic carbocycles. The summed E-state index contributed by atoms with van der Waals surface area (Å²) >= 11 is -0.230. The molecule has 0 fully saturated rings. The minimum Gasteiger partial charge on any atom is -0.741 e. The van der Waals surface area contributed by atoms with Gasteiger partial charge in [-0.2, -0.15) is 39.5 Å². The number of benzene rings is 8. The summed E-state index contributed by atoms with van der Waals surface area (Å²) < 4.78 is 180. The largest absolute Gasteiger partial charge is 0.741 e. The molecule has 0 aliphatic rings. The van der Waals surface area contributed by atoms with E-state index >= 15 is 0 Å². The third-order valence-corrected chi connectivity index (χ3v) is 18.8. The summed E-state index contributed by atoms with van der Waals surface area (Å²) in [5.74, 6) is 0. The van der Waals surface area contributed by atoms with Gasteiger partial charge in [0.2, 0.25) is 0 Å². The topological polar surface area (TPSA) is 172 Å². The molecule has 77 heavy (non-hydrogen) atoms. The van der Waals surface area contributed by atoms with Crippen LogP contribution in [0.1, 0.15) is 22.3 Å². The average molecular weight is 1280 g/mol. The van der Waals surface area contributed by atoms with Crippen LogP contribution < -0.4 is 21.2 Å². The van der Waals surface area contributed by atoms with E-state index in [1.807, 2.05) is 0 Å². The van der Waals surface area contributed by atoms with Crippen LogP contribution in [0.3, 0.4) is 0 Å². The Hall–Kier alpha value is -5.71. The minimum absolute atomic E-state index is 0.115. The first kappa shape index (κ1) is 62.1.